The van der Waals surface area contributed by atoms with Crippen LogP contribution >= 0.6 is 0 Å². The molecule has 0 spiro atoms. The summed E-state index contributed by atoms with van der Waals surface area (Å²) in [6.07, 6.45) is 1.54. The van der Waals surface area contributed by atoms with Crippen molar-refractivity contribution >= 4 is 0 Å². The van der Waals surface area contributed by atoms with Crippen molar-refractivity contribution in [3.8, 4) is 0 Å². The van der Waals surface area contributed by atoms with E-state index in [9.17, 15) is 4.79 Å². The molecule has 0 saturated heterocycles. The van der Waals surface area contributed by atoms with Crippen molar-refractivity contribution in [2.45, 2.75) is 26.4 Å². The van der Waals surface area contributed by atoms with Crippen LogP contribution in [0.4, 0.5) is 0 Å². The van der Waals surface area contributed by atoms with Crippen LogP contribution in [0.1, 0.15) is 24.1 Å². The lowest BCUT2D eigenvalue weighted by molar-refractivity contribution is 0.437. The Kier molecular flexibility index (Phi) is 4.16. The first-order valence-electron chi connectivity index (χ1n) is 6.50. The van der Waals surface area contributed by atoms with Crippen molar-refractivity contribution in [1.82, 2.24) is 19.7 Å². The molecule has 5 nitrogen and oxygen atoms in total. The topological polar surface area (TPSA) is 51.9 Å². The summed E-state index contributed by atoms with van der Waals surface area (Å²) in [7, 11) is 1.71. The molecule has 1 heterocycles. The minimum absolute atomic E-state index is 0.0879. The summed E-state index contributed by atoms with van der Waals surface area (Å²) in [5.74, 6) is 0. The van der Waals surface area contributed by atoms with Gasteiger partial charge in [-0.05, 0) is 19.0 Å². The first-order chi connectivity index (χ1) is 9.11. The molecule has 0 amide bonds. The first kappa shape index (κ1) is 13.5. The van der Waals surface area contributed by atoms with Gasteiger partial charge in [-0.15, -0.1) is 0 Å². The number of aromatic nitrogens is 3. The lowest BCUT2D eigenvalue weighted by Gasteiger charge is -2.18. The van der Waals surface area contributed by atoms with Gasteiger partial charge in [-0.25, -0.2) is 9.48 Å². The predicted octanol–water partition coefficient (Wildman–Crippen LogP) is 1.24. The molecule has 0 saturated carbocycles. The summed E-state index contributed by atoms with van der Waals surface area (Å²) in [6.45, 7) is 5.51. The number of nitrogens with zero attached hydrogens (tertiary/aromatic N) is 3. The van der Waals surface area contributed by atoms with E-state index in [0.717, 1.165) is 6.54 Å². The van der Waals surface area contributed by atoms with E-state index in [1.807, 2.05) is 0 Å². The lowest BCUT2D eigenvalue weighted by atomic mass is 10.1. The van der Waals surface area contributed by atoms with E-state index in [-0.39, 0.29) is 11.7 Å². The van der Waals surface area contributed by atoms with Crippen LogP contribution in [0.2, 0.25) is 0 Å². The fourth-order valence-electron chi connectivity index (χ4n) is 2.05. The Hall–Kier alpha value is -1.88. The van der Waals surface area contributed by atoms with Gasteiger partial charge in [0.1, 0.15) is 6.33 Å². The summed E-state index contributed by atoms with van der Waals surface area (Å²) < 4.78 is 2.98. The van der Waals surface area contributed by atoms with E-state index < -0.39 is 0 Å². The zero-order chi connectivity index (χ0) is 13.8. The first-order valence-corrected chi connectivity index (χ1v) is 6.50. The van der Waals surface area contributed by atoms with Crippen LogP contribution < -0.4 is 11.0 Å². The molecule has 1 N–H and O–H groups in total. The van der Waals surface area contributed by atoms with Gasteiger partial charge in [-0.3, -0.25) is 4.57 Å². The molecule has 0 bridgehead atoms. The molecular weight excluding hydrogens is 240 g/mol. The third-order valence-electron chi connectivity index (χ3n) is 3.17. The van der Waals surface area contributed by atoms with E-state index in [4.69, 9.17) is 0 Å². The zero-order valence-corrected chi connectivity index (χ0v) is 11.6. The predicted molar refractivity (Wildman–Crippen MR) is 75.1 cm³/mol. The molecule has 1 atom stereocenters. The average Bonchev–Trinajstić information content (AvgIpc) is 2.71. The summed E-state index contributed by atoms with van der Waals surface area (Å²) >= 11 is 0. The van der Waals surface area contributed by atoms with Crippen LogP contribution in [0.15, 0.2) is 35.4 Å². The van der Waals surface area contributed by atoms with Crippen molar-refractivity contribution in [3.63, 3.8) is 0 Å². The smallest absolute Gasteiger partial charge is 0.309 e. The Balaban J connectivity index is 2.23. The molecule has 2 rings (SSSR count). The van der Waals surface area contributed by atoms with Crippen LogP contribution in [-0.4, -0.2) is 20.9 Å². The minimum Gasteiger partial charge on any atom is -0.309 e. The monoisotopic (exact) mass is 260 g/mol. The summed E-state index contributed by atoms with van der Waals surface area (Å²) in [5, 5.41) is 7.50. The second kappa shape index (κ2) is 5.84. The molecule has 1 unspecified atom stereocenters. The van der Waals surface area contributed by atoms with Gasteiger partial charge in [0.25, 0.3) is 0 Å². The second-order valence-electron chi connectivity index (χ2n) is 4.73. The maximum atomic E-state index is 11.8. The van der Waals surface area contributed by atoms with E-state index in [0.29, 0.717) is 6.54 Å². The Bertz CT molecular complexity index is 582. The van der Waals surface area contributed by atoms with Crippen molar-refractivity contribution in [1.29, 1.82) is 0 Å². The van der Waals surface area contributed by atoms with Gasteiger partial charge >= 0.3 is 5.69 Å². The van der Waals surface area contributed by atoms with Gasteiger partial charge < -0.3 is 5.32 Å². The van der Waals surface area contributed by atoms with Gasteiger partial charge in [0.05, 0.1) is 12.6 Å². The number of rotatable bonds is 5. The number of hydrogen-bond donors (Lipinski definition) is 1. The highest BCUT2D eigenvalue weighted by molar-refractivity contribution is 5.24. The molecule has 0 fully saturated rings. The van der Waals surface area contributed by atoms with E-state index >= 15 is 0 Å². The third kappa shape index (κ3) is 3.12. The van der Waals surface area contributed by atoms with Gasteiger partial charge in [-0.1, -0.05) is 36.8 Å². The van der Waals surface area contributed by atoms with Crippen LogP contribution in [0, 0.1) is 6.92 Å². The number of hydrogen-bond acceptors (Lipinski definition) is 3. The fraction of sp³-hybridized carbons (Fsp3) is 0.429. The molecule has 2 aromatic rings. The van der Waals surface area contributed by atoms with Gasteiger partial charge in [0, 0.05) is 7.05 Å². The quantitative estimate of drug-likeness (QED) is 0.880. The highest BCUT2D eigenvalue weighted by Crippen LogP contribution is 2.15. The van der Waals surface area contributed by atoms with Crippen LogP contribution in [0.25, 0.3) is 0 Å². The average molecular weight is 260 g/mol. The van der Waals surface area contributed by atoms with E-state index in [1.54, 1.807) is 13.4 Å². The number of benzene rings is 1. The number of likely N-dealkylation sites (N-methyl/N-ethyl adjacent to an activating group) is 1. The Labute approximate surface area is 112 Å². The highest BCUT2D eigenvalue weighted by atomic mass is 16.2. The lowest BCUT2D eigenvalue weighted by Crippen LogP contribution is -2.31. The molecule has 1 aromatic heterocycles. The van der Waals surface area contributed by atoms with Crippen molar-refractivity contribution < 1.29 is 0 Å². The molecule has 0 aliphatic rings. The minimum atomic E-state index is -0.0879. The van der Waals surface area contributed by atoms with Gasteiger partial charge in [0.2, 0.25) is 0 Å². The second-order valence-corrected chi connectivity index (χ2v) is 4.73. The molecule has 1 aromatic carbocycles. The fourth-order valence-corrected chi connectivity index (χ4v) is 2.05. The molecule has 0 aliphatic carbocycles. The Morgan fingerprint density at radius 1 is 1.32 bits per heavy atom. The number of nitrogens with one attached hydrogen (secondary N) is 1. The molecule has 5 heteroatoms. The van der Waals surface area contributed by atoms with Gasteiger partial charge in [-0.2, -0.15) is 5.10 Å². The maximum absolute atomic E-state index is 11.8. The molecule has 0 aliphatic heterocycles. The largest absolute Gasteiger partial charge is 0.345 e. The van der Waals surface area contributed by atoms with E-state index in [1.165, 1.54) is 20.4 Å². The molecule has 19 heavy (non-hydrogen) atoms. The summed E-state index contributed by atoms with van der Waals surface area (Å²) in [4.78, 5) is 11.8. The van der Waals surface area contributed by atoms with Crippen LogP contribution in [0.3, 0.4) is 0 Å². The van der Waals surface area contributed by atoms with Crippen molar-refractivity contribution in [2.75, 3.05) is 6.54 Å². The standard InChI is InChI=1S/C14H20N4O/c1-4-15-13(12-7-5-11(2)6-8-12)9-18-14(19)17(3)10-16-18/h5-8,10,13,15H,4,9H2,1-3H3. The SMILES string of the molecule is CCNC(Cn1ncn(C)c1=O)c1ccc(C)cc1. The normalized spacial score (nSPS) is 12.6. The van der Waals surface area contributed by atoms with Crippen LogP contribution in [-0.2, 0) is 13.6 Å². The van der Waals surface area contributed by atoms with Gasteiger partial charge in [0.15, 0.2) is 0 Å². The highest BCUT2D eigenvalue weighted by Gasteiger charge is 2.13. The number of aryl methyl sites for hydroxylation is 2. The third-order valence-corrected chi connectivity index (χ3v) is 3.17. The maximum Gasteiger partial charge on any atom is 0.345 e. The molecular formula is C14H20N4O. The van der Waals surface area contributed by atoms with E-state index in [2.05, 4.69) is 48.5 Å². The Morgan fingerprint density at radius 3 is 2.53 bits per heavy atom. The van der Waals surface area contributed by atoms with Crippen LogP contribution in [0.5, 0.6) is 0 Å². The molecule has 0 radical (unpaired) electrons. The van der Waals surface area contributed by atoms with Crippen molar-refractivity contribution in [3.05, 3.63) is 52.2 Å². The van der Waals surface area contributed by atoms with Crippen molar-refractivity contribution in [2.24, 2.45) is 7.05 Å². The Morgan fingerprint density at radius 2 is 2.00 bits per heavy atom. The summed E-state index contributed by atoms with van der Waals surface area (Å²) in [6, 6.07) is 8.45. The molecule has 102 valence electrons. The summed E-state index contributed by atoms with van der Waals surface area (Å²) in [5.41, 5.74) is 2.31. The zero-order valence-electron chi connectivity index (χ0n) is 11.6.